The van der Waals surface area contributed by atoms with Gasteiger partial charge < -0.3 is 4.42 Å². The first-order valence-electron chi connectivity index (χ1n) is 16.8. The first-order valence-corrected chi connectivity index (χ1v) is 16.8. The zero-order valence-corrected chi connectivity index (χ0v) is 27.4. The molecule has 9 aromatic rings. The summed E-state index contributed by atoms with van der Waals surface area (Å²) in [5.41, 5.74) is 12.4. The molecule has 0 N–H and O–H groups in total. The number of benzene rings is 7. The van der Waals surface area contributed by atoms with Crippen LogP contribution in [-0.4, -0.2) is 15.0 Å². The molecule has 4 heteroatoms. The summed E-state index contributed by atoms with van der Waals surface area (Å²) in [5.74, 6) is 1.83. The summed E-state index contributed by atoms with van der Waals surface area (Å²) in [6.45, 7) is 2.14. The fourth-order valence-electron chi connectivity index (χ4n) is 6.77. The maximum Gasteiger partial charge on any atom is 0.164 e. The van der Waals surface area contributed by atoms with Gasteiger partial charge in [-0.15, -0.1) is 0 Å². The van der Waals surface area contributed by atoms with Gasteiger partial charge in [0, 0.05) is 33.0 Å². The van der Waals surface area contributed by atoms with Crippen LogP contribution in [0.2, 0.25) is 0 Å². The molecule has 2 aromatic heterocycles. The van der Waals surface area contributed by atoms with Crippen LogP contribution in [-0.2, 0) is 0 Å². The molecule has 7 aromatic carbocycles. The Kier molecular flexibility index (Phi) is 7.33. The smallest absolute Gasteiger partial charge is 0.164 e. The Morgan fingerprint density at radius 2 is 0.840 bits per heavy atom. The molecule has 0 radical (unpaired) electrons. The van der Waals surface area contributed by atoms with Gasteiger partial charge in [0.2, 0.25) is 0 Å². The minimum absolute atomic E-state index is 0.589. The SMILES string of the molecule is Cc1ccccc1-c1ccc(-c2nc(-c3ccccc3)nc(-c3ccc4c(c3)oc3c(-c5ccccc5)ccc(-c5ccccc5)c34)n2)cc1. The molecule has 2 heterocycles. The Balaban J connectivity index is 1.21. The molecule has 0 amide bonds. The molecule has 0 aliphatic rings. The molecule has 0 saturated carbocycles. The number of furan rings is 1. The predicted molar refractivity (Wildman–Crippen MR) is 204 cm³/mol. The second kappa shape index (κ2) is 12.4. The zero-order valence-electron chi connectivity index (χ0n) is 27.4. The Morgan fingerprint density at radius 3 is 1.48 bits per heavy atom. The van der Waals surface area contributed by atoms with Crippen molar-refractivity contribution in [1.29, 1.82) is 0 Å². The van der Waals surface area contributed by atoms with Crippen molar-refractivity contribution < 1.29 is 4.42 Å². The lowest BCUT2D eigenvalue weighted by molar-refractivity contribution is 0.670. The summed E-state index contributed by atoms with van der Waals surface area (Å²) in [6, 6.07) is 58.5. The number of aromatic nitrogens is 3. The summed E-state index contributed by atoms with van der Waals surface area (Å²) < 4.78 is 6.79. The van der Waals surface area contributed by atoms with Crippen LogP contribution in [0.15, 0.2) is 174 Å². The Labute approximate surface area is 290 Å². The van der Waals surface area contributed by atoms with Crippen LogP contribution < -0.4 is 0 Å². The van der Waals surface area contributed by atoms with E-state index in [1.165, 1.54) is 11.1 Å². The van der Waals surface area contributed by atoms with Gasteiger partial charge >= 0.3 is 0 Å². The van der Waals surface area contributed by atoms with E-state index in [1.54, 1.807) is 0 Å². The van der Waals surface area contributed by atoms with Crippen molar-refractivity contribution in [1.82, 2.24) is 15.0 Å². The molecular formula is C46H31N3O. The predicted octanol–water partition coefficient (Wildman–Crippen LogP) is 12.1. The standard InChI is InChI=1S/C46H31N3O/c1-30-13-11-12-20-37(30)33-21-23-35(24-22-33)45-47-44(34-18-9-4-10-19-34)48-46(49-45)36-25-26-40-41(29-36)50-43-39(32-16-7-3-8-17-32)28-27-38(42(40)43)31-14-5-2-6-15-31/h2-29H,1H3. The summed E-state index contributed by atoms with van der Waals surface area (Å²) in [4.78, 5) is 15.0. The molecule has 0 atom stereocenters. The highest BCUT2D eigenvalue weighted by molar-refractivity contribution is 6.16. The molecule has 9 rings (SSSR count). The number of rotatable bonds is 6. The van der Waals surface area contributed by atoms with Crippen molar-refractivity contribution in [3.8, 4) is 67.5 Å². The van der Waals surface area contributed by atoms with Crippen LogP contribution in [0.4, 0.5) is 0 Å². The maximum atomic E-state index is 6.79. The number of fused-ring (bicyclic) bond motifs is 3. The third-order valence-electron chi connectivity index (χ3n) is 9.32. The summed E-state index contributed by atoms with van der Waals surface area (Å²) in [6.07, 6.45) is 0. The number of nitrogens with zero attached hydrogens (tertiary/aromatic N) is 3. The van der Waals surface area contributed by atoms with E-state index < -0.39 is 0 Å². The lowest BCUT2D eigenvalue weighted by Crippen LogP contribution is -2.00. The van der Waals surface area contributed by atoms with Gasteiger partial charge in [-0.25, -0.2) is 15.0 Å². The molecule has 0 aliphatic heterocycles. The average molecular weight is 642 g/mol. The Bertz CT molecular complexity index is 2630. The normalized spacial score (nSPS) is 11.3. The molecule has 0 unspecified atom stereocenters. The average Bonchev–Trinajstić information content (AvgIpc) is 3.58. The quantitative estimate of drug-likeness (QED) is 0.181. The van der Waals surface area contributed by atoms with Crippen molar-refractivity contribution in [3.63, 3.8) is 0 Å². The largest absolute Gasteiger partial charge is 0.455 e. The lowest BCUT2D eigenvalue weighted by Gasteiger charge is -2.10. The van der Waals surface area contributed by atoms with E-state index in [9.17, 15) is 0 Å². The number of hydrogen-bond acceptors (Lipinski definition) is 4. The van der Waals surface area contributed by atoms with Gasteiger partial charge in [0.05, 0.1) is 0 Å². The van der Waals surface area contributed by atoms with Gasteiger partial charge in [-0.2, -0.15) is 0 Å². The monoisotopic (exact) mass is 641 g/mol. The highest BCUT2D eigenvalue weighted by atomic mass is 16.3. The van der Waals surface area contributed by atoms with Gasteiger partial charge in [-0.05, 0) is 58.5 Å². The zero-order chi connectivity index (χ0) is 33.4. The highest BCUT2D eigenvalue weighted by Crippen LogP contribution is 2.42. The summed E-state index contributed by atoms with van der Waals surface area (Å²) >= 11 is 0. The second-order valence-corrected chi connectivity index (χ2v) is 12.5. The molecular weight excluding hydrogens is 611 g/mol. The van der Waals surface area contributed by atoms with Crippen LogP contribution in [0, 0.1) is 6.92 Å². The molecule has 0 bridgehead atoms. The van der Waals surface area contributed by atoms with Gasteiger partial charge in [0.15, 0.2) is 17.5 Å². The van der Waals surface area contributed by atoms with E-state index >= 15 is 0 Å². The van der Waals surface area contributed by atoms with Gasteiger partial charge in [-0.3, -0.25) is 0 Å². The molecule has 0 spiro atoms. The van der Waals surface area contributed by atoms with Crippen molar-refractivity contribution in [2.24, 2.45) is 0 Å². The lowest BCUT2D eigenvalue weighted by atomic mass is 9.94. The van der Waals surface area contributed by atoms with E-state index in [0.29, 0.717) is 17.5 Å². The summed E-state index contributed by atoms with van der Waals surface area (Å²) in [5, 5.41) is 2.14. The van der Waals surface area contributed by atoms with Crippen molar-refractivity contribution >= 4 is 21.9 Å². The second-order valence-electron chi connectivity index (χ2n) is 12.5. The Hall–Kier alpha value is -6.65. The molecule has 0 fully saturated rings. The third-order valence-corrected chi connectivity index (χ3v) is 9.32. The molecule has 4 nitrogen and oxygen atoms in total. The minimum atomic E-state index is 0.589. The van der Waals surface area contributed by atoms with Gasteiger partial charge in [0.1, 0.15) is 11.2 Å². The van der Waals surface area contributed by atoms with Crippen LogP contribution >= 0.6 is 0 Å². The summed E-state index contributed by atoms with van der Waals surface area (Å²) in [7, 11) is 0. The van der Waals surface area contributed by atoms with Gasteiger partial charge in [-0.1, -0.05) is 152 Å². The van der Waals surface area contributed by atoms with Crippen molar-refractivity contribution in [3.05, 3.63) is 175 Å². The van der Waals surface area contributed by atoms with E-state index in [2.05, 4.69) is 134 Å². The third kappa shape index (κ3) is 5.33. The van der Waals surface area contributed by atoms with E-state index in [1.807, 2.05) is 42.5 Å². The first-order chi connectivity index (χ1) is 24.7. The van der Waals surface area contributed by atoms with E-state index in [-0.39, 0.29) is 0 Å². The molecule has 0 saturated heterocycles. The Morgan fingerprint density at radius 1 is 0.380 bits per heavy atom. The fraction of sp³-hybridized carbons (Fsp3) is 0.0217. The molecule has 236 valence electrons. The maximum absolute atomic E-state index is 6.79. The van der Waals surface area contributed by atoms with E-state index in [0.717, 1.165) is 66.4 Å². The number of aryl methyl sites for hydroxylation is 1. The molecule has 50 heavy (non-hydrogen) atoms. The fourth-order valence-corrected chi connectivity index (χ4v) is 6.77. The van der Waals surface area contributed by atoms with Crippen LogP contribution in [0.25, 0.3) is 89.5 Å². The van der Waals surface area contributed by atoms with Crippen LogP contribution in [0.3, 0.4) is 0 Å². The molecule has 0 aliphatic carbocycles. The topological polar surface area (TPSA) is 51.8 Å². The first kappa shape index (κ1) is 29.5. The van der Waals surface area contributed by atoms with Crippen LogP contribution in [0.5, 0.6) is 0 Å². The van der Waals surface area contributed by atoms with E-state index in [4.69, 9.17) is 19.4 Å². The van der Waals surface area contributed by atoms with Crippen molar-refractivity contribution in [2.45, 2.75) is 6.92 Å². The number of hydrogen-bond donors (Lipinski definition) is 0. The van der Waals surface area contributed by atoms with Crippen molar-refractivity contribution in [2.75, 3.05) is 0 Å². The highest BCUT2D eigenvalue weighted by Gasteiger charge is 2.19. The minimum Gasteiger partial charge on any atom is -0.455 e. The van der Waals surface area contributed by atoms with Crippen LogP contribution in [0.1, 0.15) is 5.56 Å². The van der Waals surface area contributed by atoms with Gasteiger partial charge in [0.25, 0.3) is 0 Å².